The number of nitrogens with zero attached hydrogens (tertiary/aromatic N) is 2. The van der Waals surface area contributed by atoms with Crippen LogP contribution in [0.4, 0.5) is 14.6 Å². The van der Waals surface area contributed by atoms with Gasteiger partial charge in [0.05, 0.1) is 6.54 Å². The Morgan fingerprint density at radius 3 is 2.68 bits per heavy atom. The highest BCUT2D eigenvalue weighted by Crippen LogP contribution is 2.24. The van der Waals surface area contributed by atoms with Crippen LogP contribution in [-0.2, 0) is 6.54 Å². The van der Waals surface area contributed by atoms with Crippen LogP contribution in [0.2, 0.25) is 0 Å². The van der Waals surface area contributed by atoms with E-state index in [0.717, 1.165) is 6.07 Å². The number of nitrogens with one attached hydrogen (secondary N) is 1. The van der Waals surface area contributed by atoms with Crippen molar-refractivity contribution in [3.63, 3.8) is 0 Å². The molecular weight excluding hydrogens is 354 g/mol. The summed E-state index contributed by atoms with van der Waals surface area (Å²) in [5.74, 6) is -1.93. The van der Waals surface area contributed by atoms with E-state index in [0.29, 0.717) is 5.56 Å². The lowest BCUT2D eigenvalue weighted by atomic mass is 10.1. The zero-order chi connectivity index (χ0) is 17.1. The molecule has 2 aromatic heterocycles. The molecule has 6 nitrogen and oxygen atoms in total. The van der Waals surface area contributed by atoms with Gasteiger partial charge in [-0.15, -0.1) is 12.4 Å². The second-order valence-electron chi connectivity index (χ2n) is 4.82. The van der Waals surface area contributed by atoms with Gasteiger partial charge in [-0.1, -0.05) is 12.1 Å². The quantitative estimate of drug-likeness (QED) is 0.739. The normalized spacial score (nSPS) is 10.2. The Hall–Kier alpha value is -2.84. The molecule has 3 rings (SSSR count). The molecule has 0 bridgehead atoms. The summed E-state index contributed by atoms with van der Waals surface area (Å²) >= 11 is 0. The van der Waals surface area contributed by atoms with Crippen molar-refractivity contribution in [3.05, 3.63) is 66.0 Å². The molecule has 9 heteroatoms. The zero-order valence-corrected chi connectivity index (χ0v) is 13.5. The van der Waals surface area contributed by atoms with E-state index in [2.05, 4.69) is 15.3 Å². The maximum Gasteiger partial charge on any atom is 0.278 e. The molecule has 130 valence electrons. The van der Waals surface area contributed by atoms with Crippen LogP contribution in [0, 0.1) is 11.6 Å². The Morgan fingerprint density at radius 2 is 2.04 bits per heavy atom. The van der Waals surface area contributed by atoms with E-state index in [1.54, 1.807) is 0 Å². The highest BCUT2D eigenvalue weighted by Gasteiger charge is 2.13. The van der Waals surface area contributed by atoms with E-state index in [4.69, 9.17) is 10.2 Å². The van der Waals surface area contributed by atoms with Gasteiger partial charge < -0.3 is 15.5 Å². The first kappa shape index (κ1) is 18.5. The maximum absolute atomic E-state index is 13.8. The predicted octanol–water partition coefficient (Wildman–Crippen LogP) is 3.15. The van der Waals surface area contributed by atoms with Gasteiger partial charge in [0.2, 0.25) is 5.89 Å². The van der Waals surface area contributed by atoms with Gasteiger partial charge >= 0.3 is 0 Å². The number of carbonyl (C=O) groups excluding carboxylic acids is 1. The number of halogens is 3. The SMILES string of the molecule is Cl.NCc1nc(C(=O)Nc2ccc(-c3cccc(F)c3F)cn2)co1. The van der Waals surface area contributed by atoms with Crippen molar-refractivity contribution in [1.29, 1.82) is 0 Å². The molecule has 0 aliphatic rings. The molecule has 0 radical (unpaired) electrons. The number of anilines is 1. The van der Waals surface area contributed by atoms with Crippen molar-refractivity contribution in [2.24, 2.45) is 5.73 Å². The van der Waals surface area contributed by atoms with Crippen LogP contribution >= 0.6 is 12.4 Å². The lowest BCUT2D eigenvalue weighted by Gasteiger charge is -2.06. The minimum absolute atomic E-state index is 0. The van der Waals surface area contributed by atoms with Crippen LogP contribution in [0.3, 0.4) is 0 Å². The Kier molecular flexibility index (Phi) is 5.79. The van der Waals surface area contributed by atoms with Gasteiger partial charge in [-0.25, -0.2) is 18.7 Å². The number of carbonyl (C=O) groups is 1. The average molecular weight is 367 g/mol. The Bertz CT molecular complexity index is 884. The summed E-state index contributed by atoms with van der Waals surface area (Å²) in [4.78, 5) is 19.9. The average Bonchev–Trinajstić information content (AvgIpc) is 3.07. The number of aromatic nitrogens is 2. The third-order valence-corrected chi connectivity index (χ3v) is 3.23. The minimum Gasteiger partial charge on any atom is -0.447 e. The van der Waals surface area contributed by atoms with Crippen LogP contribution in [0.25, 0.3) is 11.1 Å². The number of nitrogens with two attached hydrogens (primary N) is 1. The van der Waals surface area contributed by atoms with Crippen molar-refractivity contribution < 1.29 is 18.0 Å². The van der Waals surface area contributed by atoms with Gasteiger partial charge in [-0.2, -0.15) is 0 Å². The van der Waals surface area contributed by atoms with Crippen LogP contribution in [0.5, 0.6) is 0 Å². The summed E-state index contributed by atoms with van der Waals surface area (Å²) in [6.45, 7) is 0.0828. The van der Waals surface area contributed by atoms with Crippen molar-refractivity contribution >= 4 is 24.1 Å². The van der Waals surface area contributed by atoms with Gasteiger partial charge in [-0.3, -0.25) is 4.79 Å². The van der Waals surface area contributed by atoms with Crippen molar-refractivity contribution in [2.75, 3.05) is 5.32 Å². The van der Waals surface area contributed by atoms with Gasteiger partial charge in [0, 0.05) is 17.3 Å². The second kappa shape index (κ2) is 7.82. The molecular formula is C16H13ClF2N4O2. The van der Waals surface area contributed by atoms with Crippen molar-refractivity contribution in [3.8, 4) is 11.1 Å². The van der Waals surface area contributed by atoms with Crippen molar-refractivity contribution in [1.82, 2.24) is 9.97 Å². The first-order valence-electron chi connectivity index (χ1n) is 6.94. The maximum atomic E-state index is 13.8. The standard InChI is InChI=1S/C16H12F2N4O2.ClH/c17-11-3-1-2-10(15(11)18)9-4-5-13(20-7-9)22-16(23)12-8-24-14(6-19)21-12;/h1-5,7-8H,6,19H2,(H,20,22,23);1H. The van der Waals surface area contributed by atoms with Crippen molar-refractivity contribution in [2.45, 2.75) is 6.54 Å². The molecule has 0 unspecified atom stereocenters. The molecule has 1 amide bonds. The van der Waals surface area contributed by atoms with Gasteiger partial charge in [-0.05, 0) is 18.2 Å². The third kappa shape index (κ3) is 3.98. The molecule has 25 heavy (non-hydrogen) atoms. The number of rotatable bonds is 4. The summed E-state index contributed by atoms with van der Waals surface area (Å²) < 4.78 is 32.0. The van der Waals surface area contributed by atoms with E-state index in [1.165, 1.54) is 36.7 Å². The van der Waals surface area contributed by atoms with E-state index in [-0.39, 0.29) is 41.9 Å². The minimum atomic E-state index is -0.951. The molecule has 2 heterocycles. The number of pyridine rings is 1. The fraction of sp³-hybridized carbons (Fsp3) is 0.0625. The molecule has 0 fully saturated rings. The number of amides is 1. The first-order chi connectivity index (χ1) is 11.6. The molecule has 0 atom stereocenters. The summed E-state index contributed by atoms with van der Waals surface area (Å²) in [6.07, 6.45) is 2.52. The lowest BCUT2D eigenvalue weighted by molar-refractivity contribution is 0.102. The Balaban J connectivity index is 0.00000225. The summed E-state index contributed by atoms with van der Waals surface area (Å²) in [6, 6.07) is 6.88. The Morgan fingerprint density at radius 1 is 1.24 bits per heavy atom. The first-order valence-corrected chi connectivity index (χ1v) is 6.94. The van der Waals surface area contributed by atoms with Gasteiger partial charge in [0.1, 0.15) is 12.1 Å². The molecule has 3 aromatic rings. The Labute approximate surface area is 147 Å². The number of hydrogen-bond donors (Lipinski definition) is 2. The van der Waals surface area contributed by atoms with Crippen LogP contribution < -0.4 is 11.1 Å². The summed E-state index contributed by atoms with van der Waals surface area (Å²) in [7, 11) is 0. The van der Waals surface area contributed by atoms with Crippen LogP contribution in [0.15, 0.2) is 47.2 Å². The topological polar surface area (TPSA) is 94.0 Å². The van der Waals surface area contributed by atoms with E-state index in [1.807, 2.05) is 0 Å². The largest absolute Gasteiger partial charge is 0.447 e. The fourth-order valence-electron chi connectivity index (χ4n) is 2.04. The molecule has 1 aromatic carbocycles. The third-order valence-electron chi connectivity index (χ3n) is 3.23. The summed E-state index contributed by atoms with van der Waals surface area (Å²) in [5, 5.41) is 2.52. The highest BCUT2D eigenvalue weighted by atomic mass is 35.5. The zero-order valence-electron chi connectivity index (χ0n) is 12.7. The fourth-order valence-corrected chi connectivity index (χ4v) is 2.04. The molecule has 0 aliphatic heterocycles. The predicted molar refractivity (Wildman–Crippen MR) is 89.2 cm³/mol. The van der Waals surface area contributed by atoms with Gasteiger partial charge in [0.15, 0.2) is 17.3 Å². The second-order valence-corrected chi connectivity index (χ2v) is 4.82. The molecule has 0 aliphatic carbocycles. The number of benzene rings is 1. The molecule has 0 saturated heterocycles. The molecule has 0 spiro atoms. The van der Waals surface area contributed by atoms with E-state index in [9.17, 15) is 13.6 Å². The smallest absolute Gasteiger partial charge is 0.278 e. The van der Waals surface area contributed by atoms with Crippen LogP contribution in [-0.4, -0.2) is 15.9 Å². The molecule has 0 saturated carbocycles. The van der Waals surface area contributed by atoms with E-state index >= 15 is 0 Å². The molecule has 3 N–H and O–H groups in total. The van der Waals surface area contributed by atoms with Crippen LogP contribution in [0.1, 0.15) is 16.4 Å². The van der Waals surface area contributed by atoms with Gasteiger partial charge in [0.25, 0.3) is 5.91 Å². The number of hydrogen-bond acceptors (Lipinski definition) is 5. The summed E-state index contributed by atoms with van der Waals surface area (Å²) in [5.41, 5.74) is 5.89. The highest BCUT2D eigenvalue weighted by molar-refractivity contribution is 6.02. The number of oxazole rings is 1. The monoisotopic (exact) mass is 366 g/mol. The lowest BCUT2D eigenvalue weighted by Crippen LogP contribution is -2.13. The van der Waals surface area contributed by atoms with E-state index < -0.39 is 17.5 Å².